The standard InChI is InChI=1S/C12H15BrClF/c1-8(2)11(14)6-4-9-3-5-10(13)7-12(9)15/h3,5,7-8,11H,4,6H2,1-2H3. The van der Waals surface area contributed by atoms with E-state index in [4.69, 9.17) is 11.6 Å². The number of hydrogen-bond acceptors (Lipinski definition) is 0. The van der Waals surface area contributed by atoms with Gasteiger partial charge in [0.15, 0.2) is 0 Å². The molecule has 84 valence electrons. The van der Waals surface area contributed by atoms with Crippen LogP contribution in [0.4, 0.5) is 4.39 Å². The first-order valence-electron chi connectivity index (χ1n) is 5.08. The monoisotopic (exact) mass is 292 g/mol. The topological polar surface area (TPSA) is 0 Å². The molecule has 1 aromatic carbocycles. The first-order chi connectivity index (χ1) is 7.00. The molecule has 0 bridgehead atoms. The van der Waals surface area contributed by atoms with Crippen LogP contribution in [0.5, 0.6) is 0 Å². The van der Waals surface area contributed by atoms with E-state index in [9.17, 15) is 4.39 Å². The molecule has 0 spiro atoms. The molecule has 0 amide bonds. The van der Waals surface area contributed by atoms with Gasteiger partial charge < -0.3 is 0 Å². The Morgan fingerprint density at radius 1 is 1.40 bits per heavy atom. The summed E-state index contributed by atoms with van der Waals surface area (Å²) < 4.78 is 14.2. The molecule has 0 saturated heterocycles. The fourth-order valence-corrected chi connectivity index (χ4v) is 1.79. The van der Waals surface area contributed by atoms with E-state index in [0.29, 0.717) is 12.3 Å². The summed E-state index contributed by atoms with van der Waals surface area (Å²) in [7, 11) is 0. The van der Waals surface area contributed by atoms with Gasteiger partial charge in [0.25, 0.3) is 0 Å². The fourth-order valence-electron chi connectivity index (χ4n) is 1.35. The van der Waals surface area contributed by atoms with E-state index in [0.717, 1.165) is 16.5 Å². The van der Waals surface area contributed by atoms with Crippen LogP contribution in [0.3, 0.4) is 0 Å². The zero-order valence-corrected chi connectivity index (χ0v) is 11.3. The first kappa shape index (κ1) is 13.0. The molecule has 3 heteroatoms. The Hall–Kier alpha value is -0.0800. The summed E-state index contributed by atoms with van der Waals surface area (Å²) in [4.78, 5) is 0. The second kappa shape index (κ2) is 5.86. The Bertz CT molecular complexity index is 325. The van der Waals surface area contributed by atoms with E-state index >= 15 is 0 Å². The minimum atomic E-state index is -0.156. The SMILES string of the molecule is CC(C)C(Cl)CCc1ccc(Br)cc1F. The maximum Gasteiger partial charge on any atom is 0.127 e. The van der Waals surface area contributed by atoms with E-state index in [1.54, 1.807) is 0 Å². The van der Waals surface area contributed by atoms with Gasteiger partial charge in [0.1, 0.15) is 5.82 Å². The van der Waals surface area contributed by atoms with Gasteiger partial charge in [-0.1, -0.05) is 35.8 Å². The van der Waals surface area contributed by atoms with Gasteiger partial charge in [0, 0.05) is 9.85 Å². The van der Waals surface area contributed by atoms with Crippen molar-refractivity contribution in [2.75, 3.05) is 0 Å². The molecule has 0 N–H and O–H groups in total. The van der Waals surface area contributed by atoms with Crippen LogP contribution in [0, 0.1) is 11.7 Å². The maximum absolute atomic E-state index is 13.4. The number of aryl methyl sites for hydroxylation is 1. The third-order valence-corrected chi connectivity index (χ3v) is 3.64. The molecule has 0 aliphatic heterocycles. The highest BCUT2D eigenvalue weighted by molar-refractivity contribution is 9.10. The van der Waals surface area contributed by atoms with Crippen molar-refractivity contribution in [1.82, 2.24) is 0 Å². The third-order valence-electron chi connectivity index (χ3n) is 2.43. The maximum atomic E-state index is 13.4. The van der Waals surface area contributed by atoms with Crippen molar-refractivity contribution in [3.05, 3.63) is 34.1 Å². The number of alkyl halides is 1. The van der Waals surface area contributed by atoms with Crippen molar-refractivity contribution in [1.29, 1.82) is 0 Å². The van der Waals surface area contributed by atoms with E-state index in [1.807, 2.05) is 12.1 Å². The number of hydrogen-bond donors (Lipinski definition) is 0. The van der Waals surface area contributed by atoms with Crippen molar-refractivity contribution < 1.29 is 4.39 Å². The van der Waals surface area contributed by atoms with Crippen molar-refractivity contribution in [3.63, 3.8) is 0 Å². The lowest BCUT2D eigenvalue weighted by Gasteiger charge is -2.13. The summed E-state index contributed by atoms with van der Waals surface area (Å²) in [6.45, 7) is 4.16. The van der Waals surface area contributed by atoms with Gasteiger partial charge in [-0.3, -0.25) is 0 Å². The number of benzene rings is 1. The molecule has 15 heavy (non-hydrogen) atoms. The van der Waals surface area contributed by atoms with Crippen LogP contribution in [-0.2, 0) is 6.42 Å². The second-order valence-electron chi connectivity index (χ2n) is 4.03. The lowest BCUT2D eigenvalue weighted by atomic mass is 10.0. The van der Waals surface area contributed by atoms with Crippen LogP contribution >= 0.6 is 27.5 Å². The highest BCUT2D eigenvalue weighted by atomic mass is 79.9. The molecule has 0 radical (unpaired) electrons. The Morgan fingerprint density at radius 2 is 2.07 bits per heavy atom. The quantitative estimate of drug-likeness (QED) is 0.701. The Labute approximate surface area is 104 Å². The third kappa shape index (κ3) is 4.12. The van der Waals surface area contributed by atoms with Crippen molar-refractivity contribution in [2.24, 2.45) is 5.92 Å². The molecule has 0 aliphatic rings. The molecular weight excluding hydrogens is 278 g/mol. The van der Waals surface area contributed by atoms with E-state index in [1.165, 1.54) is 6.07 Å². The Morgan fingerprint density at radius 3 is 2.60 bits per heavy atom. The predicted octanol–water partition coefficient (Wildman–Crippen LogP) is 4.78. The number of rotatable bonds is 4. The molecular formula is C12H15BrClF. The van der Waals surface area contributed by atoms with Crippen LogP contribution in [0.2, 0.25) is 0 Å². The predicted molar refractivity (Wildman–Crippen MR) is 66.9 cm³/mol. The average molecular weight is 294 g/mol. The summed E-state index contributed by atoms with van der Waals surface area (Å²) in [5.74, 6) is 0.280. The first-order valence-corrected chi connectivity index (χ1v) is 6.31. The van der Waals surface area contributed by atoms with E-state index in [-0.39, 0.29) is 11.2 Å². The second-order valence-corrected chi connectivity index (χ2v) is 5.51. The summed E-state index contributed by atoms with van der Waals surface area (Å²) in [6, 6.07) is 5.16. The van der Waals surface area contributed by atoms with Gasteiger partial charge in [-0.15, -0.1) is 11.6 Å². The van der Waals surface area contributed by atoms with Gasteiger partial charge in [-0.05, 0) is 36.5 Å². The lowest BCUT2D eigenvalue weighted by Crippen LogP contribution is -2.09. The largest absolute Gasteiger partial charge is 0.207 e. The van der Waals surface area contributed by atoms with Crippen molar-refractivity contribution in [3.8, 4) is 0 Å². The van der Waals surface area contributed by atoms with Crippen LogP contribution in [0.1, 0.15) is 25.8 Å². The zero-order valence-electron chi connectivity index (χ0n) is 8.93. The van der Waals surface area contributed by atoms with E-state index in [2.05, 4.69) is 29.8 Å². The minimum absolute atomic E-state index is 0.119. The molecule has 0 aromatic heterocycles. The molecule has 0 heterocycles. The molecule has 1 aromatic rings. The molecule has 1 rings (SSSR count). The minimum Gasteiger partial charge on any atom is -0.207 e. The molecule has 1 atom stereocenters. The normalized spacial score (nSPS) is 13.2. The summed E-state index contributed by atoms with van der Waals surface area (Å²) in [5, 5.41) is 0.119. The van der Waals surface area contributed by atoms with Crippen LogP contribution < -0.4 is 0 Å². The molecule has 0 nitrogen and oxygen atoms in total. The molecule has 0 fully saturated rings. The summed E-state index contributed by atoms with van der Waals surface area (Å²) in [5.41, 5.74) is 0.740. The molecule has 1 unspecified atom stereocenters. The highest BCUT2D eigenvalue weighted by Crippen LogP contribution is 2.20. The van der Waals surface area contributed by atoms with E-state index < -0.39 is 0 Å². The van der Waals surface area contributed by atoms with Crippen LogP contribution in [-0.4, -0.2) is 5.38 Å². The lowest BCUT2D eigenvalue weighted by molar-refractivity contribution is 0.550. The van der Waals surface area contributed by atoms with Gasteiger partial charge in [-0.2, -0.15) is 0 Å². The Kier molecular flexibility index (Phi) is 5.07. The average Bonchev–Trinajstić information content (AvgIpc) is 2.15. The van der Waals surface area contributed by atoms with Crippen molar-refractivity contribution >= 4 is 27.5 Å². The van der Waals surface area contributed by atoms with Gasteiger partial charge in [-0.25, -0.2) is 4.39 Å². The van der Waals surface area contributed by atoms with Crippen LogP contribution in [0.25, 0.3) is 0 Å². The fraction of sp³-hybridized carbons (Fsp3) is 0.500. The molecule has 0 aliphatic carbocycles. The zero-order chi connectivity index (χ0) is 11.4. The van der Waals surface area contributed by atoms with Gasteiger partial charge in [0.05, 0.1) is 0 Å². The smallest absolute Gasteiger partial charge is 0.127 e. The number of halogens is 3. The van der Waals surface area contributed by atoms with Crippen molar-refractivity contribution in [2.45, 2.75) is 32.1 Å². The highest BCUT2D eigenvalue weighted by Gasteiger charge is 2.11. The van der Waals surface area contributed by atoms with Crippen LogP contribution in [0.15, 0.2) is 22.7 Å². The molecule has 0 saturated carbocycles. The summed E-state index contributed by atoms with van der Waals surface area (Å²) in [6.07, 6.45) is 1.52. The summed E-state index contributed by atoms with van der Waals surface area (Å²) >= 11 is 9.35. The Balaban J connectivity index is 2.58. The van der Waals surface area contributed by atoms with Gasteiger partial charge in [0.2, 0.25) is 0 Å². The van der Waals surface area contributed by atoms with Gasteiger partial charge >= 0.3 is 0 Å².